The van der Waals surface area contributed by atoms with Gasteiger partial charge in [0.2, 0.25) is 0 Å². The second kappa shape index (κ2) is 5.32. The van der Waals surface area contributed by atoms with Crippen LogP contribution in [0.15, 0.2) is 24.3 Å². The molecule has 1 atom stereocenters. The first-order valence-corrected chi connectivity index (χ1v) is 5.58. The van der Waals surface area contributed by atoms with E-state index < -0.39 is 0 Å². The molecule has 0 heterocycles. The van der Waals surface area contributed by atoms with Crippen LogP contribution in [0.2, 0.25) is 0 Å². The minimum absolute atomic E-state index is 0.103. The second-order valence-electron chi connectivity index (χ2n) is 4.90. The van der Waals surface area contributed by atoms with Crippen LogP contribution < -0.4 is 10.5 Å². The summed E-state index contributed by atoms with van der Waals surface area (Å²) in [5.41, 5.74) is 6.72. The Morgan fingerprint density at radius 3 is 2.25 bits per heavy atom. The van der Waals surface area contributed by atoms with Crippen LogP contribution in [-0.4, -0.2) is 17.3 Å². The van der Waals surface area contributed by atoms with Gasteiger partial charge in [-0.15, -0.1) is 0 Å². The van der Waals surface area contributed by atoms with Gasteiger partial charge in [0.15, 0.2) is 0 Å². The quantitative estimate of drug-likeness (QED) is 0.823. The fourth-order valence-electron chi connectivity index (χ4n) is 1.44. The van der Waals surface area contributed by atoms with Gasteiger partial charge in [-0.25, -0.2) is 0 Å². The van der Waals surface area contributed by atoms with Crippen molar-refractivity contribution in [3.8, 4) is 5.75 Å². The zero-order valence-electron chi connectivity index (χ0n) is 10.2. The maximum absolute atomic E-state index is 8.80. The lowest BCUT2D eigenvalue weighted by Crippen LogP contribution is -2.23. The highest BCUT2D eigenvalue weighted by molar-refractivity contribution is 5.29. The molecule has 0 saturated heterocycles. The monoisotopic (exact) mass is 223 g/mol. The van der Waals surface area contributed by atoms with E-state index in [4.69, 9.17) is 15.6 Å². The fourth-order valence-corrected chi connectivity index (χ4v) is 1.44. The maximum Gasteiger partial charge on any atom is 0.120 e. The maximum atomic E-state index is 8.80. The van der Waals surface area contributed by atoms with Gasteiger partial charge >= 0.3 is 0 Å². The summed E-state index contributed by atoms with van der Waals surface area (Å²) in [4.78, 5) is 0. The number of benzene rings is 1. The molecule has 0 saturated carbocycles. The van der Waals surface area contributed by atoms with Crippen LogP contribution in [0.1, 0.15) is 38.8 Å². The predicted octanol–water partition coefficient (Wildman–Crippen LogP) is 2.25. The summed E-state index contributed by atoms with van der Waals surface area (Å²) >= 11 is 0. The molecule has 0 aliphatic rings. The van der Waals surface area contributed by atoms with E-state index in [2.05, 4.69) is 0 Å². The average Bonchev–Trinajstić information content (AvgIpc) is 2.16. The molecular formula is C13H21NO2. The topological polar surface area (TPSA) is 55.5 Å². The van der Waals surface area contributed by atoms with Crippen LogP contribution in [-0.2, 0) is 0 Å². The van der Waals surface area contributed by atoms with E-state index in [0.29, 0.717) is 6.42 Å². The lowest BCUT2D eigenvalue weighted by Gasteiger charge is -2.21. The Balaban J connectivity index is 2.68. The summed E-state index contributed by atoms with van der Waals surface area (Å²) in [6, 6.07) is 7.62. The Labute approximate surface area is 97.2 Å². The highest BCUT2D eigenvalue weighted by Crippen LogP contribution is 2.21. The predicted molar refractivity (Wildman–Crippen MR) is 65.5 cm³/mol. The summed E-state index contributed by atoms with van der Waals surface area (Å²) in [6.07, 6.45) is 0.583. The van der Waals surface area contributed by atoms with E-state index in [1.54, 1.807) is 0 Å². The van der Waals surface area contributed by atoms with Crippen molar-refractivity contribution >= 4 is 0 Å². The fraction of sp³-hybridized carbons (Fsp3) is 0.538. The molecule has 0 spiro atoms. The molecule has 16 heavy (non-hydrogen) atoms. The Hall–Kier alpha value is -1.06. The number of hydrogen-bond donors (Lipinski definition) is 2. The Kier molecular flexibility index (Phi) is 4.33. The molecule has 3 N–H and O–H groups in total. The first kappa shape index (κ1) is 13.0. The van der Waals surface area contributed by atoms with Gasteiger partial charge in [-0.1, -0.05) is 12.1 Å². The molecule has 0 fully saturated rings. The SMILES string of the molecule is CC(C)(C)Oc1ccc([C@H](N)CCO)cc1. The van der Waals surface area contributed by atoms with Gasteiger partial charge in [0.05, 0.1) is 0 Å². The summed E-state index contributed by atoms with van der Waals surface area (Å²) in [7, 11) is 0. The van der Waals surface area contributed by atoms with Crippen LogP contribution in [0.4, 0.5) is 0 Å². The van der Waals surface area contributed by atoms with Gasteiger partial charge in [0, 0.05) is 12.6 Å². The molecule has 0 aliphatic heterocycles. The third kappa shape index (κ3) is 4.21. The average molecular weight is 223 g/mol. The van der Waals surface area contributed by atoms with Gasteiger partial charge in [-0.2, -0.15) is 0 Å². The van der Waals surface area contributed by atoms with Crippen LogP contribution in [0.25, 0.3) is 0 Å². The number of aliphatic hydroxyl groups excluding tert-OH is 1. The molecular weight excluding hydrogens is 202 g/mol. The third-order valence-electron chi connectivity index (χ3n) is 2.17. The second-order valence-corrected chi connectivity index (χ2v) is 4.90. The Bertz CT molecular complexity index is 314. The summed E-state index contributed by atoms with van der Waals surface area (Å²) in [6.45, 7) is 6.15. The first-order chi connectivity index (χ1) is 7.42. The van der Waals surface area contributed by atoms with Crippen molar-refractivity contribution in [2.45, 2.75) is 38.8 Å². The molecule has 1 rings (SSSR count). The van der Waals surface area contributed by atoms with Crippen molar-refractivity contribution in [3.05, 3.63) is 29.8 Å². The standard InChI is InChI=1S/C13H21NO2/c1-13(2,3)16-11-6-4-10(5-7-11)12(14)8-9-15/h4-7,12,15H,8-9,14H2,1-3H3/t12-/m1/s1. The van der Waals surface area contributed by atoms with Crippen molar-refractivity contribution in [3.63, 3.8) is 0 Å². The van der Waals surface area contributed by atoms with E-state index in [0.717, 1.165) is 11.3 Å². The van der Waals surface area contributed by atoms with Crippen LogP contribution in [0, 0.1) is 0 Å². The van der Waals surface area contributed by atoms with Crippen LogP contribution >= 0.6 is 0 Å². The van der Waals surface area contributed by atoms with Crippen molar-refractivity contribution in [2.24, 2.45) is 5.73 Å². The lowest BCUT2D eigenvalue weighted by atomic mass is 10.1. The molecule has 0 aliphatic carbocycles. The smallest absolute Gasteiger partial charge is 0.120 e. The molecule has 1 aromatic rings. The number of nitrogens with two attached hydrogens (primary N) is 1. The van der Waals surface area contributed by atoms with E-state index in [1.807, 2.05) is 45.0 Å². The van der Waals surface area contributed by atoms with Gasteiger partial charge in [0.25, 0.3) is 0 Å². The molecule has 3 heteroatoms. The molecule has 90 valence electrons. The van der Waals surface area contributed by atoms with E-state index >= 15 is 0 Å². The minimum Gasteiger partial charge on any atom is -0.488 e. The third-order valence-corrected chi connectivity index (χ3v) is 2.17. The van der Waals surface area contributed by atoms with Crippen LogP contribution in [0.5, 0.6) is 5.75 Å². The van der Waals surface area contributed by atoms with E-state index in [1.165, 1.54) is 0 Å². The van der Waals surface area contributed by atoms with Gasteiger partial charge in [0.1, 0.15) is 11.4 Å². The molecule has 0 bridgehead atoms. The highest BCUT2D eigenvalue weighted by Gasteiger charge is 2.12. The summed E-state index contributed by atoms with van der Waals surface area (Å²) in [5.74, 6) is 0.840. The Morgan fingerprint density at radius 2 is 1.81 bits per heavy atom. The van der Waals surface area contributed by atoms with Crippen molar-refractivity contribution in [1.82, 2.24) is 0 Å². The van der Waals surface area contributed by atoms with Crippen molar-refractivity contribution in [1.29, 1.82) is 0 Å². The van der Waals surface area contributed by atoms with Crippen LogP contribution in [0.3, 0.4) is 0 Å². The van der Waals surface area contributed by atoms with E-state index in [-0.39, 0.29) is 18.2 Å². The van der Waals surface area contributed by atoms with Crippen molar-refractivity contribution < 1.29 is 9.84 Å². The minimum atomic E-state index is -0.186. The zero-order valence-corrected chi connectivity index (χ0v) is 10.2. The summed E-state index contributed by atoms with van der Waals surface area (Å²) in [5, 5.41) is 8.80. The largest absolute Gasteiger partial charge is 0.488 e. The molecule has 0 radical (unpaired) electrons. The highest BCUT2D eigenvalue weighted by atomic mass is 16.5. The molecule has 0 unspecified atom stereocenters. The van der Waals surface area contributed by atoms with Crippen molar-refractivity contribution in [2.75, 3.05) is 6.61 Å². The Morgan fingerprint density at radius 1 is 1.25 bits per heavy atom. The number of rotatable bonds is 4. The summed E-state index contributed by atoms with van der Waals surface area (Å²) < 4.78 is 5.71. The van der Waals surface area contributed by atoms with E-state index in [9.17, 15) is 0 Å². The van der Waals surface area contributed by atoms with Gasteiger partial charge in [-0.3, -0.25) is 0 Å². The number of hydrogen-bond acceptors (Lipinski definition) is 3. The first-order valence-electron chi connectivity index (χ1n) is 5.58. The number of aliphatic hydroxyl groups is 1. The number of ether oxygens (including phenoxy) is 1. The molecule has 1 aromatic carbocycles. The van der Waals surface area contributed by atoms with Gasteiger partial charge < -0.3 is 15.6 Å². The lowest BCUT2D eigenvalue weighted by molar-refractivity contribution is 0.131. The normalized spacial score (nSPS) is 13.6. The molecule has 0 amide bonds. The zero-order chi connectivity index (χ0) is 12.2. The van der Waals surface area contributed by atoms with Gasteiger partial charge in [-0.05, 0) is 44.9 Å². The molecule has 3 nitrogen and oxygen atoms in total. The molecule has 0 aromatic heterocycles.